The van der Waals surface area contributed by atoms with Gasteiger partial charge in [0.2, 0.25) is 6.54 Å². The molecular weight excluding hydrogens is 238 g/mol. The monoisotopic (exact) mass is 251 g/mol. The van der Waals surface area contributed by atoms with Crippen LogP contribution < -0.4 is 9.47 Å². The zero-order chi connectivity index (χ0) is 13.3. The number of ether oxygens (including phenoxy) is 2. The topological polar surface area (TPSA) is 78.7 Å². The number of hydrogen-bond donors (Lipinski definition) is 0. The van der Waals surface area contributed by atoms with Crippen LogP contribution in [0.2, 0.25) is 0 Å². The van der Waals surface area contributed by atoms with Crippen LogP contribution in [0, 0.1) is 10.1 Å². The molecule has 18 heavy (non-hydrogen) atoms. The fourth-order valence-corrected chi connectivity index (χ4v) is 2.15. The summed E-state index contributed by atoms with van der Waals surface area (Å²) in [6, 6.07) is 5.06. The van der Waals surface area contributed by atoms with Gasteiger partial charge in [0, 0.05) is 10.5 Å². The summed E-state index contributed by atoms with van der Waals surface area (Å²) in [7, 11) is 1.52. The van der Waals surface area contributed by atoms with Gasteiger partial charge in [0.25, 0.3) is 0 Å². The molecule has 1 heterocycles. The fourth-order valence-electron chi connectivity index (χ4n) is 2.15. The number of methoxy groups -OCH3 is 1. The second-order valence-electron chi connectivity index (χ2n) is 4.17. The smallest absolute Gasteiger partial charge is 0.214 e. The zero-order valence-corrected chi connectivity index (χ0v) is 10.1. The lowest BCUT2D eigenvalue weighted by molar-refractivity contribution is -0.484. The molecule has 1 aromatic rings. The molecule has 0 fully saturated rings. The molecule has 1 aliphatic rings. The van der Waals surface area contributed by atoms with E-state index in [1.807, 2.05) is 0 Å². The molecule has 2 atom stereocenters. The van der Waals surface area contributed by atoms with Crippen LogP contribution in [0.5, 0.6) is 11.5 Å². The summed E-state index contributed by atoms with van der Waals surface area (Å²) >= 11 is 0. The van der Waals surface area contributed by atoms with Crippen molar-refractivity contribution < 1.29 is 19.2 Å². The van der Waals surface area contributed by atoms with Gasteiger partial charge in [-0.1, -0.05) is 0 Å². The van der Waals surface area contributed by atoms with Crippen LogP contribution in [-0.4, -0.2) is 30.5 Å². The van der Waals surface area contributed by atoms with Gasteiger partial charge >= 0.3 is 0 Å². The third-order valence-electron chi connectivity index (χ3n) is 2.98. The van der Waals surface area contributed by atoms with E-state index in [4.69, 9.17) is 9.47 Å². The molecule has 1 aromatic carbocycles. The Morgan fingerprint density at radius 1 is 1.56 bits per heavy atom. The first-order valence-electron chi connectivity index (χ1n) is 5.49. The van der Waals surface area contributed by atoms with Crippen molar-refractivity contribution in [2.75, 3.05) is 13.7 Å². The summed E-state index contributed by atoms with van der Waals surface area (Å²) in [4.78, 5) is 21.7. The van der Waals surface area contributed by atoms with Gasteiger partial charge in [-0.15, -0.1) is 0 Å². The minimum absolute atomic E-state index is 0.211. The summed E-state index contributed by atoms with van der Waals surface area (Å²) in [6.45, 7) is 1.05. The minimum Gasteiger partial charge on any atom is -0.497 e. The van der Waals surface area contributed by atoms with Crippen molar-refractivity contribution >= 4 is 5.78 Å². The molecule has 0 aliphatic carbocycles. The van der Waals surface area contributed by atoms with E-state index < -0.39 is 16.9 Å². The average Bonchev–Trinajstić information content (AvgIpc) is 2.67. The van der Waals surface area contributed by atoms with E-state index in [9.17, 15) is 14.9 Å². The summed E-state index contributed by atoms with van der Waals surface area (Å²) in [5.41, 5.74) is 0.659. The number of benzene rings is 1. The Kier molecular flexibility index (Phi) is 3.18. The quantitative estimate of drug-likeness (QED) is 0.597. The highest BCUT2D eigenvalue weighted by Gasteiger charge is 2.40. The van der Waals surface area contributed by atoms with Crippen molar-refractivity contribution in [3.05, 3.63) is 33.9 Å². The second-order valence-corrected chi connectivity index (χ2v) is 4.17. The normalized spacial score (nSPS) is 21.0. The van der Waals surface area contributed by atoms with Gasteiger partial charge in [-0.3, -0.25) is 14.9 Å². The first-order valence-corrected chi connectivity index (χ1v) is 5.49. The van der Waals surface area contributed by atoms with Crippen molar-refractivity contribution in [3.63, 3.8) is 0 Å². The van der Waals surface area contributed by atoms with E-state index in [1.165, 1.54) is 14.0 Å². The predicted octanol–water partition coefficient (Wildman–Crippen LogP) is 1.41. The van der Waals surface area contributed by atoms with Gasteiger partial charge in [0.05, 0.1) is 13.0 Å². The number of Topliss-reactive ketones (excluding diaryl/α,β-unsaturated/α-hetero) is 1. The lowest BCUT2D eigenvalue weighted by Gasteiger charge is -2.12. The molecular formula is C12H13NO5. The Balaban J connectivity index is 2.40. The predicted molar refractivity (Wildman–Crippen MR) is 62.7 cm³/mol. The highest BCUT2D eigenvalue weighted by Crippen LogP contribution is 2.40. The molecule has 0 radical (unpaired) electrons. The van der Waals surface area contributed by atoms with Crippen LogP contribution in [0.3, 0.4) is 0 Å². The van der Waals surface area contributed by atoms with Crippen molar-refractivity contribution in [2.24, 2.45) is 0 Å². The van der Waals surface area contributed by atoms with Gasteiger partial charge in [0.15, 0.2) is 11.9 Å². The van der Waals surface area contributed by atoms with E-state index in [-0.39, 0.29) is 12.3 Å². The maximum atomic E-state index is 11.5. The van der Waals surface area contributed by atoms with Crippen molar-refractivity contribution in [2.45, 2.75) is 18.9 Å². The molecule has 6 nitrogen and oxygen atoms in total. The number of hydrogen-bond acceptors (Lipinski definition) is 5. The second kappa shape index (κ2) is 4.64. The molecule has 6 heteroatoms. The molecule has 0 unspecified atom stereocenters. The van der Waals surface area contributed by atoms with Gasteiger partial charge in [-0.2, -0.15) is 0 Å². The van der Waals surface area contributed by atoms with Gasteiger partial charge in [-0.25, -0.2) is 0 Å². The Bertz CT molecular complexity index is 499. The number of ketones is 1. The van der Waals surface area contributed by atoms with Crippen LogP contribution in [-0.2, 0) is 4.79 Å². The van der Waals surface area contributed by atoms with Gasteiger partial charge in [-0.05, 0) is 25.1 Å². The third kappa shape index (κ3) is 2.13. The molecule has 0 amide bonds. The summed E-state index contributed by atoms with van der Waals surface area (Å²) in [6.07, 6.45) is -0.780. The highest BCUT2D eigenvalue weighted by atomic mass is 16.6. The Hall–Kier alpha value is -2.11. The molecule has 0 spiro atoms. The van der Waals surface area contributed by atoms with E-state index >= 15 is 0 Å². The summed E-state index contributed by atoms with van der Waals surface area (Å²) in [5, 5.41) is 10.7. The van der Waals surface area contributed by atoms with Crippen LogP contribution in [0.4, 0.5) is 0 Å². The Morgan fingerprint density at radius 2 is 2.28 bits per heavy atom. The highest BCUT2D eigenvalue weighted by molar-refractivity contribution is 5.83. The molecule has 96 valence electrons. The summed E-state index contributed by atoms with van der Waals surface area (Å²) in [5.74, 6) is 0.345. The number of carbonyl (C=O) groups is 1. The first-order chi connectivity index (χ1) is 8.52. The largest absolute Gasteiger partial charge is 0.497 e. The maximum absolute atomic E-state index is 11.5. The van der Waals surface area contributed by atoms with Crippen LogP contribution in [0.15, 0.2) is 18.2 Å². The van der Waals surface area contributed by atoms with Crippen LogP contribution >= 0.6 is 0 Å². The van der Waals surface area contributed by atoms with Crippen LogP contribution in [0.25, 0.3) is 0 Å². The number of fused-ring (bicyclic) bond motifs is 1. The van der Waals surface area contributed by atoms with Crippen molar-refractivity contribution in [1.82, 2.24) is 0 Å². The molecule has 2 rings (SSSR count). The number of nitro groups is 1. The number of rotatable bonds is 4. The van der Waals surface area contributed by atoms with Crippen molar-refractivity contribution in [3.8, 4) is 11.5 Å². The molecule has 0 bridgehead atoms. The van der Waals surface area contributed by atoms with Crippen molar-refractivity contribution in [1.29, 1.82) is 0 Å². The van der Waals surface area contributed by atoms with Crippen LogP contribution in [0.1, 0.15) is 18.4 Å². The molecule has 0 aromatic heterocycles. The number of nitrogens with zero attached hydrogens (tertiary/aromatic N) is 1. The Labute approximate surface area is 104 Å². The third-order valence-corrected chi connectivity index (χ3v) is 2.98. The van der Waals surface area contributed by atoms with E-state index in [0.29, 0.717) is 17.1 Å². The average molecular weight is 251 g/mol. The first kappa shape index (κ1) is 12.3. The van der Waals surface area contributed by atoms with E-state index in [1.54, 1.807) is 18.2 Å². The zero-order valence-electron chi connectivity index (χ0n) is 10.1. The molecule has 1 aliphatic heterocycles. The number of carbonyl (C=O) groups excluding carboxylic acids is 1. The maximum Gasteiger partial charge on any atom is 0.214 e. The summed E-state index contributed by atoms with van der Waals surface area (Å²) < 4.78 is 10.5. The fraction of sp³-hybridized carbons (Fsp3) is 0.417. The molecule has 0 saturated carbocycles. The Morgan fingerprint density at radius 3 is 2.83 bits per heavy atom. The lowest BCUT2D eigenvalue weighted by atomic mass is 9.93. The lowest BCUT2D eigenvalue weighted by Crippen LogP contribution is -2.31. The van der Waals surface area contributed by atoms with Gasteiger partial charge in [0.1, 0.15) is 11.5 Å². The van der Waals surface area contributed by atoms with Gasteiger partial charge < -0.3 is 9.47 Å². The minimum atomic E-state index is -0.780. The standard InChI is InChI=1S/C12H13NO5/c1-7(14)12-10(6-13(15)16)9-5-8(17-2)3-4-11(9)18-12/h3-5,10,12H,6H2,1-2H3/t10-,12+/m1/s1. The SMILES string of the molecule is COc1ccc2c(c1)[C@@H](C[N+](=O)[O-])[C@H](C(C)=O)O2. The van der Waals surface area contributed by atoms with E-state index in [0.717, 1.165) is 0 Å². The molecule has 0 saturated heterocycles. The molecule has 0 N–H and O–H groups in total. The van der Waals surface area contributed by atoms with E-state index in [2.05, 4.69) is 0 Å².